The third kappa shape index (κ3) is 5.50. The van der Waals surface area contributed by atoms with Crippen LogP contribution in [0.1, 0.15) is 53.8 Å². The molecule has 0 atom stereocenters. The Morgan fingerprint density at radius 2 is 1.89 bits per heavy atom. The maximum Gasteiger partial charge on any atom is 0.219 e. The van der Waals surface area contributed by atoms with E-state index in [9.17, 15) is 9.59 Å². The van der Waals surface area contributed by atoms with E-state index >= 15 is 0 Å². The van der Waals surface area contributed by atoms with E-state index in [1.54, 1.807) is 24.3 Å². The fraction of sp³-hybridized carbons (Fsp3) is 0.467. The number of aldehydes is 1. The zero-order valence-electron chi connectivity index (χ0n) is 11.0. The molecular weight excluding hydrogens is 244 g/mol. The molecule has 0 aromatic heterocycles. The molecule has 0 radical (unpaired) electrons. The van der Waals surface area contributed by atoms with E-state index in [0.717, 1.165) is 24.4 Å². The quantitative estimate of drug-likeness (QED) is 0.547. The van der Waals surface area contributed by atoms with Crippen molar-refractivity contribution in [3.05, 3.63) is 35.4 Å². The fourth-order valence-electron chi connectivity index (χ4n) is 1.60. The van der Waals surface area contributed by atoms with Crippen LogP contribution in [-0.4, -0.2) is 17.2 Å². The minimum atomic E-state index is 0.0944. The molecule has 0 saturated carbocycles. The summed E-state index contributed by atoms with van der Waals surface area (Å²) in [5, 5.41) is 0.0944. The van der Waals surface area contributed by atoms with Crippen molar-refractivity contribution in [3.8, 4) is 0 Å². The highest BCUT2D eigenvalue weighted by atomic mass is 32.2. The molecule has 0 saturated heterocycles. The number of hydrogen-bond donors (Lipinski definition) is 0. The normalized spacial score (nSPS) is 10.6. The molecule has 0 N–H and O–H groups in total. The molecule has 1 aromatic carbocycles. The number of unbranched alkanes of at least 4 members (excludes halogenated alkanes) is 1. The Bertz CT molecular complexity index is 382. The summed E-state index contributed by atoms with van der Waals surface area (Å²) in [6.07, 6.45) is 4.28. The lowest BCUT2D eigenvalue weighted by atomic mass is 10.1. The molecule has 0 aliphatic heterocycles. The topological polar surface area (TPSA) is 34.1 Å². The minimum absolute atomic E-state index is 0.0944. The van der Waals surface area contributed by atoms with Crippen molar-refractivity contribution in [2.75, 3.05) is 5.75 Å². The third-order valence-corrected chi connectivity index (χ3v) is 3.68. The van der Waals surface area contributed by atoms with Gasteiger partial charge < -0.3 is 0 Å². The van der Waals surface area contributed by atoms with Crippen molar-refractivity contribution in [2.45, 2.75) is 33.1 Å². The highest BCUT2D eigenvalue weighted by Crippen LogP contribution is 2.16. The van der Waals surface area contributed by atoms with Crippen LogP contribution in [0.15, 0.2) is 24.3 Å². The molecule has 0 amide bonds. The number of carbonyl (C=O) groups excluding carboxylic acids is 2. The van der Waals surface area contributed by atoms with Crippen molar-refractivity contribution < 1.29 is 9.59 Å². The second-order valence-corrected chi connectivity index (χ2v) is 5.83. The van der Waals surface area contributed by atoms with Crippen LogP contribution in [0.3, 0.4) is 0 Å². The molecule has 0 bridgehead atoms. The minimum Gasteiger partial charge on any atom is -0.298 e. The Balaban J connectivity index is 2.29. The van der Waals surface area contributed by atoms with Gasteiger partial charge in [0.15, 0.2) is 0 Å². The summed E-state index contributed by atoms with van der Waals surface area (Å²) in [5.74, 6) is 1.61. The van der Waals surface area contributed by atoms with Gasteiger partial charge in [-0.25, -0.2) is 0 Å². The molecule has 1 aromatic rings. The van der Waals surface area contributed by atoms with Crippen LogP contribution < -0.4 is 0 Å². The molecule has 98 valence electrons. The van der Waals surface area contributed by atoms with Crippen molar-refractivity contribution >= 4 is 23.2 Å². The van der Waals surface area contributed by atoms with Crippen LogP contribution in [-0.2, 0) is 0 Å². The van der Waals surface area contributed by atoms with Crippen LogP contribution in [0, 0.1) is 5.92 Å². The lowest BCUT2D eigenvalue weighted by Crippen LogP contribution is -1.96. The lowest BCUT2D eigenvalue weighted by Gasteiger charge is -2.04. The summed E-state index contributed by atoms with van der Waals surface area (Å²) in [4.78, 5) is 22.3. The second kappa shape index (κ2) is 8.09. The molecule has 1 rings (SSSR count). The standard InChI is InChI=1S/C15H20O2S/c1-12(2)5-3-4-10-18-15(17)14-8-6-13(11-16)7-9-14/h6-9,11-12H,3-5,10H2,1-2H3. The van der Waals surface area contributed by atoms with E-state index in [-0.39, 0.29) is 5.12 Å². The van der Waals surface area contributed by atoms with Crippen LogP contribution in [0.5, 0.6) is 0 Å². The van der Waals surface area contributed by atoms with E-state index in [4.69, 9.17) is 0 Å². The smallest absolute Gasteiger partial charge is 0.219 e. The average molecular weight is 264 g/mol. The van der Waals surface area contributed by atoms with Crippen molar-refractivity contribution in [1.29, 1.82) is 0 Å². The summed E-state index contributed by atoms with van der Waals surface area (Å²) in [6.45, 7) is 4.43. The molecule has 3 heteroatoms. The van der Waals surface area contributed by atoms with Crippen LogP contribution in [0.2, 0.25) is 0 Å². The van der Waals surface area contributed by atoms with Crippen molar-refractivity contribution in [3.63, 3.8) is 0 Å². The van der Waals surface area contributed by atoms with E-state index < -0.39 is 0 Å². The Hall–Kier alpha value is -1.09. The second-order valence-electron chi connectivity index (χ2n) is 4.77. The first-order chi connectivity index (χ1) is 8.63. The van der Waals surface area contributed by atoms with Gasteiger partial charge in [0, 0.05) is 16.9 Å². The van der Waals surface area contributed by atoms with Gasteiger partial charge in [0.2, 0.25) is 5.12 Å². The highest BCUT2D eigenvalue weighted by molar-refractivity contribution is 8.14. The molecule has 0 aliphatic carbocycles. The third-order valence-electron chi connectivity index (χ3n) is 2.69. The van der Waals surface area contributed by atoms with Gasteiger partial charge in [-0.15, -0.1) is 0 Å². The van der Waals surface area contributed by atoms with Crippen LogP contribution in [0.25, 0.3) is 0 Å². The first-order valence-corrected chi connectivity index (χ1v) is 7.34. The molecule has 18 heavy (non-hydrogen) atoms. The number of benzene rings is 1. The monoisotopic (exact) mass is 264 g/mol. The Morgan fingerprint density at radius 1 is 1.22 bits per heavy atom. The van der Waals surface area contributed by atoms with Gasteiger partial charge in [-0.05, 0) is 24.5 Å². The van der Waals surface area contributed by atoms with Gasteiger partial charge in [0.1, 0.15) is 6.29 Å². The maximum atomic E-state index is 11.8. The number of rotatable bonds is 7. The summed E-state index contributed by atoms with van der Waals surface area (Å²) in [6, 6.07) is 6.79. The molecule has 0 aliphatic rings. The highest BCUT2D eigenvalue weighted by Gasteiger charge is 2.06. The number of hydrogen-bond acceptors (Lipinski definition) is 3. The fourth-order valence-corrected chi connectivity index (χ4v) is 2.44. The first kappa shape index (κ1) is 15.0. The molecular formula is C15H20O2S. The molecule has 0 spiro atoms. The summed E-state index contributed by atoms with van der Waals surface area (Å²) in [7, 11) is 0. The maximum absolute atomic E-state index is 11.8. The first-order valence-electron chi connectivity index (χ1n) is 6.36. The van der Waals surface area contributed by atoms with Gasteiger partial charge in [0.05, 0.1) is 0 Å². The average Bonchev–Trinajstić information content (AvgIpc) is 2.38. The Kier molecular flexibility index (Phi) is 6.73. The van der Waals surface area contributed by atoms with Gasteiger partial charge in [-0.1, -0.05) is 50.6 Å². The predicted molar refractivity (Wildman–Crippen MR) is 77.3 cm³/mol. The van der Waals surface area contributed by atoms with Gasteiger partial charge in [-0.3, -0.25) is 9.59 Å². The summed E-state index contributed by atoms with van der Waals surface area (Å²) < 4.78 is 0. The Labute approximate surface area is 113 Å². The molecule has 2 nitrogen and oxygen atoms in total. The van der Waals surface area contributed by atoms with E-state index in [1.807, 2.05) is 0 Å². The van der Waals surface area contributed by atoms with Crippen molar-refractivity contribution in [2.24, 2.45) is 5.92 Å². The summed E-state index contributed by atoms with van der Waals surface area (Å²) in [5.41, 5.74) is 1.28. The number of thioether (sulfide) groups is 1. The lowest BCUT2D eigenvalue weighted by molar-refractivity contribution is 0.108. The van der Waals surface area contributed by atoms with E-state index in [1.165, 1.54) is 24.6 Å². The van der Waals surface area contributed by atoms with Gasteiger partial charge in [-0.2, -0.15) is 0 Å². The zero-order chi connectivity index (χ0) is 13.4. The largest absolute Gasteiger partial charge is 0.298 e. The zero-order valence-corrected chi connectivity index (χ0v) is 11.8. The Morgan fingerprint density at radius 3 is 2.44 bits per heavy atom. The summed E-state index contributed by atoms with van der Waals surface area (Å²) >= 11 is 1.37. The SMILES string of the molecule is CC(C)CCCCSC(=O)c1ccc(C=O)cc1. The molecule has 0 unspecified atom stereocenters. The predicted octanol–water partition coefficient (Wildman–Crippen LogP) is 4.20. The molecule has 0 fully saturated rings. The van der Waals surface area contributed by atoms with Crippen molar-refractivity contribution in [1.82, 2.24) is 0 Å². The van der Waals surface area contributed by atoms with Gasteiger partial charge >= 0.3 is 0 Å². The molecule has 0 heterocycles. The van der Waals surface area contributed by atoms with Crippen LogP contribution in [0.4, 0.5) is 0 Å². The van der Waals surface area contributed by atoms with E-state index in [0.29, 0.717) is 11.1 Å². The number of carbonyl (C=O) groups is 2. The van der Waals surface area contributed by atoms with E-state index in [2.05, 4.69) is 13.8 Å². The van der Waals surface area contributed by atoms with Crippen LogP contribution >= 0.6 is 11.8 Å². The van der Waals surface area contributed by atoms with Gasteiger partial charge in [0.25, 0.3) is 0 Å².